The molecule has 4 N–H and O–H groups in total. The van der Waals surface area contributed by atoms with E-state index in [-0.39, 0.29) is 11.5 Å². The number of rotatable bonds is 7. The molecule has 0 bridgehead atoms. The van der Waals surface area contributed by atoms with Crippen LogP contribution >= 0.6 is 0 Å². The van der Waals surface area contributed by atoms with Crippen LogP contribution in [0.4, 0.5) is 0 Å². The first kappa shape index (κ1) is 20.8. The van der Waals surface area contributed by atoms with E-state index in [1.807, 2.05) is 6.92 Å². The van der Waals surface area contributed by atoms with Gasteiger partial charge in [0.2, 0.25) is 0 Å². The molecule has 4 nitrogen and oxygen atoms in total. The maximum atomic E-state index is 9.82. The zero-order valence-electron chi connectivity index (χ0n) is 15.2. The Balaban J connectivity index is 2.47. The Labute approximate surface area is 150 Å². The Morgan fingerprint density at radius 1 is 1.28 bits per heavy atom. The average molecular weight is 344 g/mol. The third-order valence-electron chi connectivity index (χ3n) is 3.92. The molecule has 0 spiro atoms. The standard InChI is InChI=1S/C21H28O4/c1-15(8-10-17-14-18(22)11-12-19(17)23)6-5-7-16(2)9-13-20(24)21(3,4)25/h7,11-12,14,20,22-25H,1,5-6,9,13H2,2-4H3. The smallest absolute Gasteiger partial charge is 0.131 e. The Morgan fingerprint density at radius 2 is 1.96 bits per heavy atom. The number of phenolic OH excluding ortho intramolecular Hbond substituents is 2. The molecule has 136 valence electrons. The van der Waals surface area contributed by atoms with Gasteiger partial charge in [0.1, 0.15) is 11.5 Å². The number of allylic oxidation sites excluding steroid dienone is 3. The van der Waals surface area contributed by atoms with Crippen molar-refractivity contribution in [1.29, 1.82) is 0 Å². The van der Waals surface area contributed by atoms with Gasteiger partial charge in [-0.05, 0) is 70.2 Å². The number of aromatic hydroxyl groups is 2. The summed E-state index contributed by atoms with van der Waals surface area (Å²) in [5, 5.41) is 38.6. The van der Waals surface area contributed by atoms with Gasteiger partial charge < -0.3 is 20.4 Å². The van der Waals surface area contributed by atoms with Crippen LogP contribution in [0.1, 0.15) is 52.0 Å². The van der Waals surface area contributed by atoms with Crippen LogP contribution in [-0.4, -0.2) is 32.1 Å². The zero-order valence-corrected chi connectivity index (χ0v) is 15.2. The highest BCUT2D eigenvalue weighted by atomic mass is 16.3. The summed E-state index contributed by atoms with van der Waals surface area (Å²) in [6.07, 6.45) is 4.05. The highest BCUT2D eigenvalue weighted by Crippen LogP contribution is 2.21. The van der Waals surface area contributed by atoms with Gasteiger partial charge in [0.05, 0.1) is 17.3 Å². The molecule has 1 aromatic rings. The first-order valence-electron chi connectivity index (χ1n) is 8.37. The van der Waals surface area contributed by atoms with Gasteiger partial charge in [-0.3, -0.25) is 0 Å². The zero-order chi connectivity index (χ0) is 19.0. The summed E-state index contributed by atoms with van der Waals surface area (Å²) in [5.74, 6) is 5.78. The SMILES string of the molecule is C=C(C#Cc1cc(O)ccc1O)CCC=C(C)CCC(O)C(C)(C)O. The van der Waals surface area contributed by atoms with E-state index in [9.17, 15) is 20.4 Å². The molecule has 0 aliphatic heterocycles. The van der Waals surface area contributed by atoms with Crippen molar-refractivity contribution in [2.24, 2.45) is 0 Å². The summed E-state index contributed by atoms with van der Waals surface area (Å²) in [5.41, 5.74) is 1.17. The fraction of sp³-hybridized carbons (Fsp3) is 0.429. The third kappa shape index (κ3) is 7.93. The minimum atomic E-state index is -1.08. The molecule has 1 aromatic carbocycles. The van der Waals surface area contributed by atoms with Crippen LogP contribution in [0, 0.1) is 11.8 Å². The van der Waals surface area contributed by atoms with E-state index >= 15 is 0 Å². The molecule has 0 fully saturated rings. The number of hydrogen-bond donors (Lipinski definition) is 4. The highest BCUT2D eigenvalue weighted by molar-refractivity contribution is 5.50. The Hall–Kier alpha value is -2.22. The quantitative estimate of drug-likeness (QED) is 0.346. The number of phenols is 2. The van der Waals surface area contributed by atoms with Gasteiger partial charge in [-0.15, -0.1) is 0 Å². The normalized spacial score (nSPS) is 13.1. The average Bonchev–Trinajstić information content (AvgIpc) is 2.52. The van der Waals surface area contributed by atoms with E-state index in [1.165, 1.54) is 18.2 Å². The molecule has 4 heteroatoms. The number of aliphatic hydroxyl groups excluding tert-OH is 1. The molecular weight excluding hydrogens is 316 g/mol. The maximum absolute atomic E-state index is 9.82. The predicted octanol–water partition coefficient (Wildman–Crippen LogP) is 3.64. The molecule has 0 amide bonds. The van der Waals surface area contributed by atoms with Crippen molar-refractivity contribution >= 4 is 0 Å². The second kappa shape index (κ2) is 9.31. The lowest BCUT2D eigenvalue weighted by molar-refractivity contribution is -0.0509. The molecule has 0 saturated carbocycles. The minimum Gasteiger partial charge on any atom is -0.508 e. The van der Waals surface area contributed by atoms with Crippen LogP contribution in [0.25, 0.3) is 0 Å². The minimum absolute atomic E-state index is 0.0270. The van der Waals surface area contributed by atoms with Crippen LogP contribution in [0.5, 0.6) is 11.5 Å². The molecule has 0 aliphatic carbocycles. The van der Waals surface area contributed by atoms with Gasteiger partial charge in [0.25, 0.3) is 0 Å². The van der Waals surface area contributed by atoms with Crippen molar-refractivity contribution in [3.05, 3.63) is 47.6 Å². The Morgan fingerprint density at radius 3 is 2.60 bits per heavy atom. The van der Waals surface area contributed by atoms with Crippen LogP contribution < -0.4 is 0 Å². The molecule has 1 unspecified atom stereocenters. The molecule has 0 aliphatic rings. The first-order valence-corrected chi connectivity index (χ1v) is 8.37. The monoisotopic (exact) mass is 344 g/mol. The maximum Gasteiger partial charge on any atom is 0.131 e. The van der Waals surface area contributed by atoms with Gasteiger partial charge in [-0.25, -0.2) is 0 Å². The first-order chi connectivity index (χ1) is 11.6. The van der Waals surface area contributed by atoms with Crippen LogP contribution in [0.15, 0.2) is 42.0 Å². The van der Waals surface area contributed by atoms with Gasteiger partial charge in [-0.2, -0.15) is 0 Å². The number of benzene rings is 1. The third-order valence-corrected chi connectivity index (χ3v) is 3.92. The summed E-state index contributed by atoms with van der Waals surface area (Å²) in [6, 6.07) is 4.21. The van der Waals surface area contributed by atoms with E-state index in [2.05, 4.69) is 24.5 Å². The lowest BCUT2D eigenvalue weighted by Crippen LogP contribution is -2.35. The molecule has 1 atom stereocenters. The second-order valence-corrected chi connectivity index (χ2v) is 6.85. The van der Waals surface area contributed by atoms with E-state index in [1.54, 1.807) is 13.8 Å². The van der Waals surface area contributed by atoms with Crippen molar-refractivity contribution in [2.75, 3.05) is 0 Å². The van der Waals surface area contributed by atoms with Gasteiger partial charge in [0.15, 0.2) is 0 Å². The predicted molar refractivity (Wildman–Crippen MR) is 100 cm³/mol. The van der Waals surface area contributed by atoms with Crippen molar-refractivity contribution < 1.29 is 20.4 Å². The van der Waals surface area contributed by atoms with Crippen LogP contribution in [0.3, 0.4) is 0 Å². The van der Waals surface area contributed by atoms with Crippen molar-refractivity contribution in [3.63, 3.8) is 0 Å². The lowest BCUT2D eigenvalue weighted by atomic mass is 9.95. The summed E-state index contributed by atoms with van der Waals surface area (Å²) < 4.78 is 0. The van der Waals surface area contributed by atoms with E-state index < -0.39 is 11.7 Å². The Bertz CT molecular complexity index is 684. The molecule has 0 aromatic heterocycles. The van der Waals surface area contributed by atoms with Crippen molar-refractivity contribution in [3.8, 4) is 23.3 Å². The van der Waals surface area contributed by atoms with Crippen LogP contribution in [-0.2, 0) is 0 Å². The second-order valence-electron chi connectivity index (χ2n) is 6.85. The van der Waals surface area contributed by atoms with E-state index in [4.69, 9.17) is 0 Å². The molecule has 1 rings (SSSR count). The summed E-state index contributed by atoms with van der Waals surface area (Å²) in [7, 11) is 0. The van der Waals surface area contributed by atoms with Crippen molar-refractivity contribution in [2.45, 2.75) is 58.2 Å². The number of hydrogen-bond acceptors (Lipinski definition) is 4. The summed E-state index contributed by atoms with van der Waals surface area (Å²) in [4.78, 5) is 0. The summed E-state index contributed by atoms with van der Waals surface area (Å²) in [6.45, 7) is 9.10. The lowest BCUT2D eigenvalue weighted by Gasteiger charge is -2.24. The topological polar surface area (TPSA) is 80.9 Å². The molecule has 0 heterocycles. The molecule has 0 saturated heterocycles. The van der Waals surface area contributed by atoms with Gasteiger partial charge >= 0.3 is 0 Å². The van der Waals surface area contributed by atoms with Crippen molar-refractivity contribution in [1.82, 2.24) is 0 Å². The van der Waals surface area contributed by atoms with Gasteiger partial charge in [0, 0.05) is 0 Å². The molecule has 0 radical (unpaired) electrons. The van der Waals surface area contributed by atoms with E-state index in [0.29, 0.717) is 18.4 Å². The van der Waals surface area contributed by atoms with Gasteiger partial charge in [-0.1, -0.05) is 30.1 Å². The fourth-order valence-electron chi connectivity index (χ4n) is 2.15. The number of aliphatic hydroxyl groups is 2. The van der Waals surface area contributed by atoms with E-state index in [0.717, 1.165) is 24.0 Å². The summed E-state index contributed by atoms with van der Waals surface area (Å²) >= 11 is 0. The fourth-order valence-corrected chi connectivity index (χ4v) is 2.15. The molecular formula is C21H28O4. The largest absolute Gasteiger partial charge is 0.508 e. The highest BCUT2D eigenvalue weighted by Gasteiger charge is 2.23. The Kier molecular flexibility index (Phi) is 7.76. The van der Waals surface area contributed by atoms with Crippen LogP contribution in [0.2, 0.25) is 0 Å². The molecule has 25 heavy (non-hydrogen) atoms.